The van der Waals surface area contributed by atoms with Gasteiger partial charge in [0, 0.05) is 60.6 Å². The van der Waals surface area contributed by atoms with Gasteiger partial charge in [0.1, 0.15) is 11.4 Å². The second kappa shape index (κ2) is 9.29. The molecule has 0 bridgehead atoms. The first-order valence-electron chi connectivity index (χ1n) is 12.2. The molecule has 36 heavy (non-hydrogen) atoms. The van der Waals surface area contributed by atoms with Gasteiger partial charge in [0.15, 0.2) is 0 Å². The number of ether oxygens (including phenoxy) is 1. The molecule has 3 heterocycles. The zero-order valence-electron chi connectivity index (χ0n) is 20.8. The maximum atomic E-state index is 13.5. The van der Waals surface area contributed by atoms with E-state index in [2.05, 4.69) is 16.1 Å². The highest BCUT2D eigenvalue weighted by Crippen LogP contribution is 2.31. The number of carbonyl (C=O) groups is 2. The molecule has 0 atom stereocenters. The lowest BCUT2D eigenvalue weighted by Crippen LogP contribution is -2.51. The van der Waals surface area contributed by atoms with Crippen molar-refractivity contribution in [2.24, 2.45) is 0 Å². The standard InChI is InChI=1S/C27H30FN5O3/c1-27(2,3)36-26(35)32-12-10-31(11-13-32)25(34)8-9-33-24-7-4-18(14-19(24)16-30-33)22-17-29-23-15-20(28)5-6-21(22)23/h4-7,14-17,29H,8-13H2,1-3H3. The number of fused-ring (bicyclic) bond motifs is 2. The number of rotatable bonds is 4. The topological polar surface area (TPSA) is 83.5 Å². The molecule has 1 aliphatic heterocycles. The summed E-state index contributed by atoms with van der Waals surface area (Å²) in [7, 11) is 0. The summed E-state index contributed by atoms with van der Waals surface area (Å²) in [6.45, 7) is 7.92. The fourth-order valence-electron chi connectivity index (χ4n) is 4.59. The van der Waals surface area contributed by atoms with Crippen molar-refractivity contribution in [3.63, 3.8) is 0 Å². The van der Waals surface area contributed by atoms with Gasteiger partial charge in [-0.15, -0.1) is 0 Å². The number of aromatic nitrogens is 3. The quantitative estimate of drug-likeness (QED) is 0.445. The summed E-state index contributed by atoms with van der Waals surface area (Å²) >= 11 is 0. The molecule has 1 saturated heterocycles. The predicted octanol–water partition coefficient (Wildman–Crippen LogP) is 4.79. The molecule has 0 aliphatic carbocycles. The van der Waals surface area contributed by atoms with Crippen LogP contribution in [0.2, 0.25) is 0 Å². The van der Waals surface area contributed by atoms with Crippen LogP contribution in [-0.4, -0.2) is 68.3 Å². The first-order chi connectivity index (χ1) is 17.2. The number of H-pyrrole nitrogens is 1. The van der Waals surface area contributed by atoms with Gasteiger partial charge in [-0.25, -0.2) is 9.18 Å². The number of aromatic amines is 1. The minimum atomic E-state index is -0.536. The van der Waals surface area contributed by atoms with E-state index >= 15 is 0 Å². The van der Waals surface area contributed by atoms with Gasteiger partial charge in [0.05, 0.1) is 18.3 Å². The lowest BCUT2D eigenvalue weighted by Gasteiger charge is -2.35. The highest BCUT2D eigenvalue weighted by Gasteiger charge is 2.27. The number of hydrogen-bond acceptors (Lipinski definition) is 4. The highest BCUT2D eigenvalue weighted by molar-refractivity contribution is 5.97. The van der Waals surface area contributed by atoms with E-state index in [0.29, 0.717) is 39.1 Å². The minimum absolute atomic E-state index is 0.0464. The second-order valence-corrected chi connectivity index (χ2v) is 10.1. The Morgan fingerprint density at radius 2 is 1.81 bits per heavy atom. The summed E-state index contributed by atoms with van der Waals surface area (Å²) in [6, 6.07) is 10.8. The van der Waals surface area contributed by atoms with Crippen molar-refractivity contribution in [3.05, 3.63) is 54.6 Å². The van der Waals surface area contributed by atoms with Crippen molar-refractivity contribution in [2.75, 3.05) is 26.2 Å². The Hall–Kier alpha value is -3.88. The molecule has 0 saturated carbocycles. The molecule has 9 heteroatoms. The highest BCUT2D eigenvalue weighted by atomic mass is 19.1. The van der Waals surface area contributed by atoms with Crippen molar-refractivity contribution in [1.82, 2.24) is 24.6 Å². The lowest BCUT2D eigenvalue weighted by atomic mass is 10.0. The van der Waals surface area contributed by atoms with Gasteiger partial charge in [-0.05, 0) is 56.7 Å². The first-order valence-corrected chi connectivity index (χ1v) is 12.2. The molecular weight excluding hydrogens is 461 g/mol. The van der Waals surface area contributed by atoms with Crippen LogP contribution in [0.15, 0.2) is 48.8 Å². The molecule has 1 N–H and O–H groups in total. The maximum absolute atomic E-state index is 13.5. The van der Waals surface area contributed by atoms with Crippen LogP contribution in [0.4, 0.5) is 9.18 Å². The minimum Gasteiger partial charge on any atom is -0.444 e. The van der Waals surface area contributed by atoms with Crippen LogP contribution in [0.1, 0.15) is 27.2 Å². The molecule has 0 radical (unpaired) electrons. The molecule has 1 fully saturated rings. The Morgan fingerprint density at radius 3 is 2.56 bits per heavy atom. The zero-order chi connectivity index (χ0) is 25.4. The largest absolute Gasteiger partial charge is 0.444 e. The van der Waals surface area contributed by atoms with Crippen LogP contribution in [0.5, 0.6) is 0 Å². The second-order valence-electron chi connectivity index (χ2n) is 10.1. The molecule has 5 rings (SSSR count). The third-order valence-corrected chi connectivity index (χ3v) is 6.42. The fourth-order valence-corrected chi connectivity index (χ4v) is 4.59. The van der Waals surface area contributed by atoms with Crippen molar-refractivity contribution in [3.8, 4) is 11.1 Å². The van der Waals surface area contributed by atoms with Gasteiger partial charge >= 0.3 is 6.09 Å². The summed E-state index contributed by atoms with van der Waals surface area (Å²) in [4.78, 5) is 31.6. The number of hydrogen-bond donors (Lipinski definition) is 1. The summed E-state index contributed by atoms with van der Waals surface area (Å²) in [6.07, 6.45) is 3.68. The predicted molar refractivity (Wildman–Crippen MR) is 136 cm³/mol. The molecule has 4 aromatic rings. The molecule has 0 spiro atoms. The number of halogens is 1. The van der Waals surface area contributed by atoms with Gasteiger partial charge in [-0.2, -0.15) is 5.10 Å². The molecular formula is C27H30FN5O3. The molecule has 0 unspecified atom stereocenters. The molecule has 188 valence electrons. The van der Waals surface area contributed by atoms with Crippen LogP contribution in [-0.2, 0) is 16.1 Å². The normalized spacial score (nSPS) is 14.6. The van der Waals surface area contributed by atoms with Crippen LogP contribution in [0.25, 0.3) is 32.9 Å². The van der Waals surface area contributed by atoms with Gasteiger partial charge in [0.2, 0.25) is 5.91 Å². The molecule has 2 aromatic carbocycles. The van der Waals surface area contributed by atoms with Crippen molar-refractivity contribution in [2.45, 2.75) is 39.3 Å². The van der Waals surface area contributed by atoms with Crippen LogP contribution in [0.3, 0.4) is 0 Å². The van der Waals surface area contributed by atoms with E-state index in [0.717, 1.165) is 32.9 Å². The Kier molecular flexibility index (Phi) is 6.15. The van der Waals surface area contributed by atoms with E-state index < -0.39 is 5.60 Å². The van der Waals surface area contributed by atoms with E-state index in [1.165, 1.54) is 12.1 Å². The number of amides is 2. The Balaban J connectivity index is 1.21. The van der Waals surface area contributed by atoms with Crippen molar-refractivity contribution in [1.29, 1.82) is 0 Å². The number of nitrogens with zero attached hydrogens (tertiary/aromatic N) is 4. The SMILES string of the molecule is CC(C)(C)OC(=O)N1CCN(C(=O)CCn2ncc3cc(-c4c[nH]c5cc(F)ccc45)ccc32)CC1. The lowest BCUT2D eigenvalue weighted by molar-refractivity contribution is -0.133. The van der Waals surface area contributed by atoms with Crippen molar-refractivity contribution >= 4 is 33.8 Å². The Labute approximate surface area is 208 Å². The Bertz CT molecular complexity index is 1430. The van der Waals surface area contributed by atoms with Gasteiger partial charge in [0.25, 0.3) is 0 Å². The van der Waals surface area contributed by atoms with E-state index in [4.69, 9.17) is 4.74 Å². The third-order valence-electron chi connectivity index (χ3n) is 6.42. The summed E-state index contributed by atoms with van der Waals surface area (Å²) in [5.74, 6) is -0.225. The fraction of sp³-hybridized carbons (Fsp3) is 0.370. The van der Waals surface area contributed by atoms with E-state index in [9.17, 15) is 14.0 Å². The molecule has 2 aromatic heterocycles. The van der Waals surface area contributed by atoms with Crippen LogP contribution >= 0.6 is 0 Å². The van der Waals surface area contributed by atoms with Gasteiger partial charge in [-0.3, -0.25) is 9.48 Å². The molecule has 1 aliphatic rings. The number of nitrogens with one attached hydrogen (secondary N) is 1. The van der Waals surface area contributed by atoms with E-state index in [1.54, 1.807) is 22.1 Å². The van der Waals surface area contributed by atoms with Gasteiger partial charge < -0.3 is 19.5 Å². The number of carbonyl (C=O) groups excluding carboxylic acids is 2. The number of benzene rings is 2. The first kappa shape index (κ1) is 23.8. The number of piperazine rings is 1. The summed E-state index contributed by atoms with van der Waals surface area (Å²) in [5, 5.41) is 6.43. The smallest absolute Gasteiger partial charge is 0.410 e. The van der Waals surface area contributed by atoms with Crippen molar-refractivity contribution < 1.29 is 18.7 Å². The summed E-state index contributed by atoms with van der Waals surface area (Å²) < 4.78 is 20.8. The van der Waals surface area contributed by atoms with Crippen LogP contribution < -0.4 is 0 Å². The van der Waals surface area contributed by atoms with E-state index in [-0.39, 0.29) is 17.8 Å². The van der Waals surface area contributed by atoms with Crippen LogP contribution in [0, 0.1) is 5.82 Å². The van der Waals surface area contributed by atoms with E-state index in [1.807, 2.05) is 43.8 Å². The average Bonchev–Trinajstić information content (AvgIpc) is 3.44. The molecule has 8 nitrogen and oxygen atoms in total. The average molecular weight is 492 g/mol. The zero-order valence-corrected chi connectivity index (χ0v) is 20.8. The van der Waals surface area contributed by atoms with Gasteiger partial charge in [-0.1, -0.05) is 6.07 Å². The number of aryl methyl sites for hydroxylation is 1. The summed E-state index contributed by atoms with van der Waals surface area (Å²) in [5.41, 5.74) is 3.18. The molecule has 2 amide bonds. The third kappa shape index (κ3) is 4.91. The monoisotopic (exact) mass is 491 g/mol. The maximum Gasteiger partial charge on any atom is 0.410 e. The Morgan fingerprint density at radius 1 is 1.06 bits per heavy atom.